The number of sulfonamides is 1. The lowest BCUT2D eigenvalue weighted by Crippen LogP contribution is -2.29. The Bertz CT molecular complexity index is 561. The Morgan fingerprint density at radius 2 is 2.24 bits per heavy atom. The Balaban J connectivity index is 2.63. The predicted octanol–water partition coefficient (Wildman–Crippen LogP) is 0.146. The number of carbonyl (C=O) groups excluding carboxylic acids is 1. The van der Waals surface area contributed by atoms with Crippen LogP contribution in [0.5, 0.6) is 0 Å². The van der Waals surface area contributed by atoms with Crippen LogP contribution in [-0.4, -0.2) is 57.4 Å². The van der Waals surface area contributed by atoms with Crippen molar-refractivity contribution >= 4 is 16.0 Å². The van der Waals surface area contributed by atoms with Gasteiger partial charge in [-0.2, -0.15) is 5.10 Å². The molecule has 0 fully saturated rings. The molecule has 0 spiro atoms. The van der Waals surface area contributed by atoms with E-state index in [1.807, 2.05) is 0 Å². The van der Waals surface area contributed by atoms with Crippen LogP contribution in [0, 0.1) is 0 Å². The summed E-state index contributed by atoms with van der Waals surface area (Å²) in [5, 5.41) is 5.22. The van der Waals surface area contributed by atoms with Crippen molar-refractivity contribution in [3.8, 4) is 0 Å². The topological polar surface area (TPSA) is 110 Å². The van der Waals surface area contributed by atoms with Crippen LogP contribution in [0.4, 0.5) is 8.78 Å². The van der Waals surface area contributed by atoms with E-state index < -0.39 is 34.1 Å². The molecule has 2 N–H and O–H groups in total. The molecule has 0 unspecified atom stereocenters. The third-order valence-corrected chi connectivity index (χ3v) is 3.58. The van der Waals surface area contributed by atoms with E-state index in [0.717, 1.165) is 6.20 Å². The van der Waals surface area contributed by atoms with E-state index in [1.165, 1.54) is 0 Å². The summed E-state index contributed by atoms with van der Waals surface area (Å²) in [5.41, 5.74) is -0.238. The van der Waals surface area contributed by atoms with Gasteiger partial charge in [-0.25, -0.2) is 26.7 Å². The SMILES string of the molecule is CCOC(=O)c1cn[nH]c1S(=O)(=O)NCCOCC(F)F. The van der Waals surface area contributed by atoms with Crippen LogP contribution in [0.3, 0.4) is 0 Å². The number of carbonyl (C=O) groups is 1. The van der Waals surface area contributed by atoms with E-state index in [2.05, 4.69) is 19.7 Å². The van der Waals surface area contributed by atoms with E-state index in [0.29, 0.717) is 0 Å². The molecule has 0 radical (unpaired) electrons. The average molecular weight is 327 g/mol. The fraction of sp³-hybridized carbons (Fsp3) is 0.600. The zero-order valence-electron chi connectivity index (χ0n) is 11.1. The molecule has 0 saturated heterocycles. The van der Waals surface area contributed by atoms with Crippen molar-refractivity contribution in [3.05, 3.63) is 11.8 Å². The number of alkyl halides is 2. The number of hydrogen-bond acceptors (Lipinski definition) is 6. The Morgan fingerprint density at radius 3 is 2.86 bits per heavy atom. The number of esters is 1. The van der Waals surface area contributed by atoms with Gasteiger partial charge in [0.1, 0.15) is 12.2 Å². The monoisotopic (exact) mass is 327 g/mol. The quantitative estimate of drug-likeness (QED) is 0.493. The van der Waals surface area contributed by atoms with Crippen molar-refractivity contribution < 1.29 is 31.5 Å². The molecule has 0 aliphatic rings. The third kappa shape index (κ3) is 5.36. The van der Waals surface area contributed by atoms with Crippen LogP contribution in [0.1, 0.15) is 17.3 Å². The van der Waals surface area contributed by atoms with Crippen LogP contribution in [0.15, 0.2) is 11.2 Å². The molecular weight excluding hydrogens is 312 g/mol. The first-order valence-corrected chi connectivity index (χ1v) is 7.42. The number of aromatic nitrogens is 2. The first-order valence-electron chi connectivity index (χ1n) is 5.94. The number of nitrogens with one attached hydrogen (secondary N) is 2. The highest BCUT2D eigenvalue weighted by atomic mass is 32.2. The molecule has 0 aliphatic carbocycles. The van der Waals surface area contributed by atoms with Crippen molar-refractivity contribution in [2.45, 2.75) is 18.4 Å². The van der Waals surface area contributed by atoms with Crippen molar-refractivity contribution in [1.82, 2.24) is 14.9 Å². The third-order valence-electron chi connectivity index (χ3n) is 2.15. The van der Waals surface area contributed by atoms with Gasteiger partial charge in [-0.3, -0.25) is 5.10 Å². The summed E-state index contributed by atoms with van der Waals surface area (Å²) in [7, 11) is -4.05. The molecule has 1 rings (SSSR count). The maximum Gasteiger partial charge on any atom is 0.342 e. The van der Waals surface area contributed by atoms with Crippen LogP contribution < -0.4 is 4.72 Å². The molecule has 0 aromatic carbocycles. The second-order valence-electron chi connectivity index (χ2n) is 3.70. The number of hydrogen-bond donors (Lipinski definition) is 2. The molecule has 8 nitrogen and oxygen atoms in total. The Labute approximate surface area is 119 Å². The van der Waals surface area contributed by atoms with Gasteiger partial charge in [-0.05, 0) is 6.92 Å². The highest BCUT2D eigenvalue weighted by Crippen LogP contribution is 2.12. The standard InChI is InChI=1S/C10H15F2N3O5S/c1-2-20-10(16)7-5-13-15-9(7)21(17,18)14-3-4-19-6-8(11)12/h5,8,14H,2-4,6H2,1H3,(H,13,15). The number of rotatable bonds is 9. The normalized spacial score (nSPS) is 11.8. The van der Waals surface area contributed by atoms with Crippen LogP contribution in [0.25, 0.3) is 0 Å². The highest BCUT2D eigenvalue weighted by Gasteiger charge is 2.25. The van der Waals surface area contributed by atoms with Crippen molar-refractivity contribution in [1.29, 1.82) is 0 Å². The minimum Gasteiger partial charge on any atom is -0.462 e. The van der Waals surface area contributed by atoms with Crippen molar-refractivity contribution in [2.24, 2.45) is 0 Å². The lowest BCUT2D eigenvalue weighted by molar-refractivity contribution is 0.0198. The van der Waals surface area contributed by atoms with Gasteiger partial charge in [0.15, 0.2) is 5.03 Å². The second kappa shape index (κ2) is 8.00. The molecule has 21 heavy (non-hydrogen) atoms. The van der Waals surface area contributed by atoms with E-state index in [1.54, 1.807) is 6.92 Å². The summed E-state index contributed by atoms with van der Waals surface area (Å²) in [5.74, 6) is -0.833. The molecule has 0 saturated carbocycles. The minimum absolute atomic E-state index is 0.0817. The molecule has 1 aromatic heterocycles. The molecule has 1 heterocycles. The van der Waals surface area contributed by atoms with E-state index >= 15 is 0 Å². The molecule has 0 aliphatic heterocycles. The maximum absolute atomic E-state index is 11.9. The summed E-state index contributed by atoms with van der Waals surface area (Å²) in [6.07, 6.45) is -1.59. The Morgan fingerprint density at radius 1 is 1.52 bits per heavy atom. The van der Waals surface area contributed by atoms with Gasteiger partial charge in [-0.1, -0.05) is 0 Å². The largest absolute Gasteiger partial charge is 0.462 e. The summed E-state index contributed by atoms with van der Waals surface area (Å²) in [6.45, 7) is 0.422. The molecule has 0 bridgehead atoms. The van der Waals surface area contributed by atoms with Crippen LogP contribution in [0.2, 0.25) is 0 Å². The lowest BCUT2D eigenvalue weighted by Gasteiger charge is -2.07. The fourth-order valence-electron chi connectivity index (χ4n) is 1.33. The predicted molar refractivity (Wildman–Crippen MR) is 66.6 cm³/mol. The van der Waals surface area contributed by atoms with Gasteiger partial charge in [0.25, 0.3) is 16.4 Å². The molecular formula is C10H15F2N3O5S. The molecule has 11 heteroatoms. The van der Waals surface area contributed by atoms with E-state index in [-0.39, 0.29) is 25.3 Å². The minimum atomic E-state index is -4.05. The fourth-order valence-corrected chi connectivity index (χ4v) is 2.42. The molecule has 0 amide bonds. The molecule has 1 aromatic rings. The summed E-state index contributed by atoms with van der Waals surface area (Å²) in [6, 6.07) is 0. The zero-order valence-corrected chi connectivity index (χ0v) is 12.0. The smallest absolute Gasteiger partial charge is 0.342 e. The summed E-state index contributed by atoms with van der Waals surface area (Å²) >= 11 is 0. The number of ether oxygens (including phenoxy) is 2. The number of H-pyrrole nitrogens is 1. The number of nitrogens with zero attached hydrogens (tertiary/aromatic N) is 1. The van der Waals surface area contributed by atoms with E-state index in [9.17, 15) is 22.0 Å². The second-order valence-corrected chi connectivity index (χ2v) is 5.40. The van der Waals surface area contributed by atoms with Gasteiger partial charge in [-0.15, -0.1) is 0 Å². The number of halogens is 2. The number of aromatic amines is 1. The van der Waals surface area contributed by atoms with Crippen LogP contribution in [-0.2, 0) is 19.5 Å². The molecule has 0 atom stereocenters. The van der Waals surface area contributed by atoms with Crippen LogP contribution >= 0.6 is 0 Å². The molecule has 120 valence electrons. The average Bonchev–Trinajstić information content (AvgIpc) is 2.88. The first-order chi connectivity index (χ1) is 9.88. The van der Waals surface area contributed by atoms with Crippen molar-refractivity contribution in [3.63, 3.8) is 0 Å². The summed E-state index contributed by atoms with van der Waals surface area (Å²) < 4.78 is 58.8. The van der Waals surface area contributed by atoms with Gasteiger partial charge in [0.05, 0.1) is 19.4 Å². The Kier molecular flexibility index (Phi) is 6.65. The van der Waals surface area contributed by atoms with Crippen molar-refractivity contribution in [2.75, 3.05) is 26.4 Å². The lowest BCUT2D eigenvalue weighted by atomic mass is 10.4. The maximum atomic E-state index is 11.9. The van der Waals surface area contributed by atoms with E-state index in [4.69, 9.17) is 4.74 Å². The van der Waals surface area contributed by atoms with Gasteiger partial charge in [0.2, 0.25) is 0 Å². The first kappa shape index (κ1) is 17.5. The van der Waals surface area contributed by atoms with Gasteiger partial charge >= 0.3 is 5.97 Å². The van der Waals surface area contributed by atoms with Gasteiger partial charge in [0, 0.05) is 6.54 Å². The summed E-state index contributed by atoms with van der Waals surface area (Å²) in [4.78, 5) is 11.5. The Hall–Kier alpha value is -1.59. The highest BCUT2D eigenvalue weighted by molar-refractivity contribution is 7.89. The van der Waals surface area contributed by atoms with Gasteiger partial charge < -0.3 is 9.47 Å². The zero-order chi connectivity index (χ0) is 15.9.